The molecule has 0 unspecified atom stereocenters. The van der Waals surface area contributed by atoms with Gasteiger partial charge in [0.1, 0.15) is 28.9 Å². The van der Waals surface area contributed by atoms with Crippen LogP contribution in [-0.2, 0) is 11.3 Å². The molecule has 0 aliphatic rings. The number of furan rings is 1. The van der Waals surface area contributed by atoms with E-state index in [-0.39, 0.29) is 24.9 Å². The van der Waals surface area contributed by atoms with Crippen molar-refractivity contribution >= 4 is 11.7 Å². The molecule has 0 bridgehead atoms. The van der Waals surface area contributed by atoms with Crippen LogP contribution < -0.4 is 9.64 Å². The number of benzene rings is 1. The van der Waals surface area contributed by atoms with E-state index in [2.05, 4.69) is 4.98 Å². The monoisotopic (exact) mass is 340 g/mol. The molecule has 2 aromatic heterocycles. The van der Waals surface area contributed by atoms with Gasteiger partial charge in [-0.05, 0) is 55.5 Å². The summed E-state index contributed by atoms with van der Waals surface area (Å²) in [5.41, 5.74) is 0. The van der Waals surface area contributed by atoms with E-state index >= 15 is 0 Å². The summed E-state index contributed by atoms with van der Waals surface area (Å²) >= 11 is 0. The zero-order valence-corrected chi connectivity index (χ0v) is 13.7. The Morgan fingerprint density at radius 2 is 1.96 bits per heavy atom. The fourth-order valence-electron chi connectivity index (χ4n) is 2.29. The number of hydrogen-bond acceptors (Lipinski definition) is 4. The maximum Gasteiger partial charge on any atom is 0.266 e. The van der Waals surface area contributed by atoms with Gasteiger partial charge in [-0.2, -0.15) is 0 Å². The van der Waals surface area contributed by atoms with Crippen LogP contribution in [0.25, 0.3) is 0 Å². The van der Waals surface area contributed by atoms with Gasteiger partial charge in [-0.15, -0.1) is 0 Å². The molecule has 128 valence electrons. The Morgan fingerprint density at radius 3 is 2.60 bits per heavy atom. The molecule has 1 amide bonds. The minimum atomic E-state index is -0.359. The molecule has 6 heteroatoms. The zero-order chi connectivity index (χ0) is 17.6. The third-order valence-corrected chi connectivity index (χ3v) is 3.51. The Hall–Kier alpha value is -3.15. The largest absolute Gasteiger partial charge is 0.484 e. The smallest absolute Gasteiger partial charge is 0.266 e. The number of carbonyl (C=O) groups is 1. The van der Waals surface area contributed by atoms with Gasteiger partial charge in [0.15, 0.2) is 6.61 Å². The molecule has 0 aliphatic carbocycles. The summed E-state index contributed by atoms with van der Waals surface area (Å²) in [5, 5.41) is 0. The van der Waals surface area contributed by atoms with Gasteiger partial charge in [0, 0.05) is 6.20 Å². The molecule has 0 aliphatic heterocycles. The molecular formula is C19H17FN2O3. The Kier molecular flexibility index (Phi) is 5.09. The van der Waals surface area contributed by atoms with Gasteiger partial charge in [0.2, 0.25) is 0 Å². The van der Waals surface area contributed by atoms with Crippen LogP contribution in [0.5, 0.6) is 5.75 Å². The summed E-state index contributed by atoms with van der Waals surface area (Å²) in [6.07, 6.45) is 1.61. The normalized spacial score (nSPS) is 10.5. The standard InChI is InChI=1S/C19H17FN2O3/c1-14-5-8-17(25-14)12-22(18-4-2-3-11-21-18)19(23)13-24-16-9-6-15(20)7-10-16/h2-11H,12-13H2,1H3. The molecule has 3 rings (SSSR count). The summed E-state index contributed by atoms with van der Waals surface area (Å²) in [4.78, 5) is 18.4. The molecule has 0 atom stereocenters. The highest BCUT2D eigenvalue weighted by atomic mass is 19.1. The summed E-state index contributed by atoms with van der Waals surface area (Å²) in [6, 6.07) is 14.5. The van der Waals surface area contributed by atoms with E-state index in [0.29, 0.717) is 17.3 Å². The van der Waals surface area contributed by atoms with E-state index in [9.17, 15) is 9.18 Å². The topological polar surface area (TPSA) is 55.6 Å². The van der Waals surface area contributed by atoms with Crippen LogP contribution in [0.15, 0.2) is 65.2 Å². The summed E-state index contributed by atoms with van der Waals surface area (Å²) in [5.74, 6) is 1.71. The fraction of sp³-hybridized carbons (Fsp3) is 0.158. The number of nitrogens with zero attached hydrogens (tertiary/aromatic N) is 2. The third-order valence-electron chi connectivity index (χ3n) is 3.51. The highest BCUT2D eigenvalue weighted by molar-refractivity contribution is 5.93. The van der Waals surface area contributed by atoms with Gasteiger partial charge in [-0.1, -0.05) is 6.07 Å². The van der Waals surface area contributed by atoms with Crippen LogP contribution in [-0.4, -0.2) is 17.5 Å². The van der Waals surface area contributed by atoms with E-state index in [0.717, 1.165) is 5.76 Å². The first-order chi connectivity index (χ1) is 12.1. The molecule has 25 heavy (non-hydrogen) atoms. The SMILES string of the molecule is Cc1ccc(CN(C(=O)COc2ccc(F)cc2)c2ccccn2)o1. The van der Waals surface area contributed by atoms with Gasteiger partial charge in [0.25, 0.3) is 5.91 Å². The zero-order valence-electron chi connectivity index (χ0n) is 13.7. The van der Waals surface area contributed by atoms with Gasteiger partial charge in [-0.25, -0.2) is 9.37 Å². The predicted molar refractivity (Wildman–Crippen MR) is 90.8 cm³/mol. The van der Waals surface area contributed by atoms with Crippen molar-refractivity contribution in [2.75, 3.05) is 11.5 Å². The van der Waals surface area contributed by atoms with Gasteiger partial charge >= 0.3 is 0 Å². The van der Waals surface area contributed by atoms with Crippen molar-refractivity contribution in [2.45, 2.75) is 13.5 Å². The summed E-state index contributed by atoms with van der Waals surface area (Å²) in [6.45, 7) is 1.90. The summed E-state index contributed by atoms with van der Waals surface area (Å²) in [7, 11) is 0. The van der Waals surface area contributed by atoms with Crippen LogP contribution in [0.3, 0.4) is 0 Å². The van der Waals surface area contributed by atoms with E-state index in [1.807, 2.05) is 19.1 Å². The molecule has 2 heterocycles. The second-order valence-corrected chi connectivity index (χ2v) is 5.42. The number of halogens is 1. The predicted octanol–water partition coefficient (Wildman–Crippen LogP) is 3.73. The minimum absolute atomic E-state index is 0.193. The number of pyridine rings is 1. The fourth-order valence-corrected chi connectivity index (χ4v) is 2.29. The number of amides is 1. The first-order valence-corrected chi connectivity index (χ1v) is 7.77. The van der Waals surface area contributed by atoms with Crippen molar-refractivity contribution < 1.29 is 18.3 Å². The minimum Gasteiger partial charge on any atom is -0.484 e. The first-order valence-electron chi connectivity index (χ1n) is 7.77. The van der Waals surface area contributed by atoms with E-state index < -0.39 is 0 Å². The number of carbonyl (C=O) groups excluding carboxylic acids is 1. The van der Waals surface area contributed by atoms with E-state index in [4.69, 9.17) is 9.15 Å². The molecule has 0 N–H and O–H groups in total. The molecule has 0 radical (unpaired) electrons. The van der Waals surface area contributed by atoms with E-state index in [1.165, 1.54) is 29.2 Å². The van der Waals surface area contributed by atoms with Crippen LogP contribution in [0.2, 0.25) is 0 Å². The van der Waals surface area contributed by atoms with Crippen molar-refractivity contribution in [3.8, 4) is 5.75 Å². The number of aryl methyl sites for hydroxylation is 1. The number of hydrogen-bond donors (Lipinski definition) is 0. The summed E-state index contributed by atoms with van der Waals surface area (Å²) < 4.78 is 23.9. The quantitative estimate of drug-likeness (QED) is 0.686. The third kappa shape index (κ3) is 4.44. The highest BCUT2D eigenvalue weighted by Crippen LogP contribution is 2.17. The lowest BCUT2D eigenvalue weighted by molar-refractivity contribution is -0.120. The Balaban J connectivity index is 1.73. The van der Waals surface area contributed by atoms with Crippen molar-refractivity contribution in [1.82, 2.24) is 4.98 Å². The number of ether oxygens (including phenoxy) is 1. The van der Waals surface area contributed by atoms with Crippen molar-refractivity contribution in [2.24, 2.45) is 0 Å². The van der Waals surface area contributed by atoms with Crippen molar-refractivity contribution in [1.29, 1.82) is 0 Å². The second kappa shape index (κ2) is 7.61. The van der Waals surface area contributed by atoms with Gasteiger partial charge in [-0.3, -0.25) is 9.69 Å². The van der Waals surface area contributed by atoms with Crippen molar-refractivity contribution in [3.05, 3.63) is 78.1 Å². The van der Waals surface area contributed by atoms with Gasteiger partial charge < -0.3 is 9.15 Å². The maximum atomic E-state index is 12.9. The lowest BCUT2D eigenvalue weighted by Gasteiger charge is -2.20. The van der Waals surface area contributed by atoms with Crippen LogP contribution in [0.4, 0.5) is 10.2 Å². The second-order valence-electron chi connectivity index (χ2n) is 5.42. The molecule has 5 nitrogen and oxygen atoms in total. The Bertz CT molecular complexity index is 831. The average Bonchev–Trinajstić information content (AvgIpc) is 3.05. The number of anilines is 1. The molecule has 0 fully saturated rings. The molecule has 0 saturated carbocycles. The van der Waals surface area contributed by atoms with Gasteiger partial charge in [0.05, 0.1) is 6.54 Å². The van der Waals surface area contributed by atoms with Crippen LogP contribution >= 0.6 is 0 Å². The Labute approximate surface area is 144 Å². The first kappa shape index (κ1) is 16.7. The average molecular weight is 340 g/mol. The molecule has 1 aromatic carbocycles. The Morgan fingerprint density at radius 1 is 1.16 bits per heavy atom. The molecule has 0 spiro atoms. The number of aromatic nitrogens is 1. The lowest BCUT2D eigenvalue weighted by Crippen LogP contribution is -2.35. The van der Waals surface area contributed by atoms with Crippen LogP contribution in [0, 0.1) is 12.7 Å². The number of rotatable bonds is 6. The molecule has 3 aromatic rings. The van der Waals surface area contributed by atoms with Crippen molar-refractivity contribution in [3.63, 3.8) is 0 Å². The molecule has 0 saturated heterocycles. The highest BCUT2D eigenvalue weighted by Gasteiger charge is 2.19. The lowest BCUT2D eigenvalue weighted by atomic mass is 10.3. The van der Waals surface area contributed by atoms with Crippen LogP contribution in [0.1, 0.15) is 11.5 Å². The maximum absolute atomic E-state index is 12.9. The van der Waals surface area contributed by atoms with E-state index in [1.54, 1.807) is 24.4 Å². The molecular weight excluding hydrogens is 323 g/mol.